The third-order valence-corrected chi connectivity index (χ3v) is 3.62. The fourth-order valence-corrected chi connectivity index (χ4v) is 2.55. The maximum atomic E-state index is 9.59. The molecule has 0 radical (unpaired) electrons. The van der Waals surface area contributed by atoms with Crippen molar-refractivity contribution in [2.24, 2.45) is 0 Å². The average molecular weight is 306 g/mol. The molecule has 1 fully saturated rings. The Hall–Kier alpha value is -1.92. The van der Waals surface area contributed by atoms with Gasteiger partial charge < -0.3 is 15.3 Å². The number of anilines is 3. The summed E-state index contributed by atoms with van der Waals surface area (Å²) in [6, 6.07) is 3.76. The van der Waals surface area contributed by atoms with Gasteiger partial charge in [-0.1, -0.05) is 11.6 Å². The highest BCUT2D eigenvalue weighted by Gasteiger charge is 2.18. The van der Waals surface area contributed by atoms with E-state index in [0.717, 1.165) is 31.6 Å². The fourth-order valence-electron chi connectivity index (χ4n) is 2.35. The maximum Gasteiger partial charge on any atom is 0.150 e. The Morgan fingerprint density at radius 2 is 2.00 bits per heavy atom. The first-order valence-corrected chi connectivity index (χ1v) is 7.22. The van der Waals surface area contributed by atoms with Gasteiger partial charge >= 0.3 is 0 Å². The summed E-state index contributed by atoms with van der Waals surface area (Å²) in [6.45, 7) is 1.62. The maximum absolute atomic E-state index is 9.59. The van der Waals surface area contributed by atoms with Gasteiger partial charge in [0.25, 0.3) is 0 Å². The number of aromatic nitrogens is 3. The Labute approximate surface area is 127 Å². The number of nitrogens with zero attached hydrogens (tertiary/aromatic N) is 4. The second-order valence-corrected chi connectivity index (χ2v) is 5.35. The zero-order valence-corrected chi connectivity index (χ0v) is 12.2. The van der Waals surface area contributed by atoms with Crippen LogP contribution in [-0.2, 0) is 0 Å². The Balaban J connectivity index is 1.79. The molecular formula is C14H16ClN5O. The molecule has 0 unspecified atom stereocenters. The molecule has 3 heterocycles. The van der Waals surface area contributed by atoms with Gasteiger partial charge in [0.15, 0.2) is 0 Å². The topological polar surface area (TPSA) is 74.2 Å². The van der Waals surface area contributed by atoms with Crippen molar-refractivity contribution in [3.05, 3.63) is 35.9 Å². The van der Waals surface area contributed by atoms with E-state index in [9.17, 15) is 5.11 Å². The second-order valence-electron chi connectivity index (χ2n) is 4.97. The van der Waals surface area contributed by atoms with Gasteiger partial charge in [0.1, 0.15) is 16.8 Å². The molecule has 6 nitrogen and oxygen atoms in total. The summed E-state index contributed by atoms with van der Waals surface area (Å²) < 4.78 is 0. The standard InChI is InChI=1S/C14H16ClN5O/c15-12-7-10(20-5-1-11(21)2-6-20)8-13(18-12)19-14-9-16-3-4-17-14/h3-4,7-9,11,21H,1-2,5-6H2,(H,17,18,19). The number of piperidine rings is 1. The molecule has 2 aromatic heterocycles. The van der Waals surface area contributed by atoms with Crippen LogP contribution >= 0.6 is 11.6 Å². The SMILES string of the molecule is OC1CCN(c2cc(Cl)nc(Nc3cnccn3)c2)CC1. The van der Waals surface area contributed by atoms with Crippen LogP contribution < -0.4 is 10.2 Å². The van der Waals surface area contributed by atoms with Gasteiger partial charge in [-0.15, -0.1) is 0 Å². The summed E-state index contributed by atoms with van der Waals surface area (Å²) in [5.74, 6) is 1.25. The molecule has 0 spiro atoms. The highest BCUT2D eigenvalue weighted by atomic mass is 35.5. The minimum absolute atomic E-state index is 0.198. The lowest BCUT2D eigenvalue weighted by molar-refractivity contribution is 0.145. The van der Waals surface area contributed by atoms with Crippen LogP contribution in [0, 0.1) is 0 Å². The minimum atomic E-state index is -0.198. The first-order chi connectivity index (χ1) is 10.2. The van der Waals surface area contributed by atoms with Crippen LogP contribution in [0.4, 0.5) is 17.3 Å². The zero-order chi connectivity index (χ0) is 14.7. The van der Waals surface area contributed by atoms with E-state index in [1.807, 2.05) is 12.1 Å². The summed E-state index contributed by atoms with van der Waals surface area (Å²) >= 11 is 6.10. The Kier molecular flexibility index (Phi) is 4.17. The molecule has 0 amide bonds. The number of rotatable bonds is 3. The third-order valence-electron chi connectivity index (χ3n) is 3.43. The minimum Gasteiger partial charge on any atom is -0.393 e. The molecule has 0 atom stereocenters. The van der Waals surface area contributed by atoms with Crippen LogP contribution in [0.25, 0.3) is 0 Å². The normalized spacial score (nSPS) is 16.0. The number of nitrogens with one attached hydrogen (secondary N) is 1. The van der Waals surface area contributed by atoms with Crippen LogP contribution in [0.3, 0.4) is 0 Å². The second kappa shape index (κ2) is 6.24. The lowest BCUT2D eigenvalue weighted by Gasteiger charge is -2.31. The molecule has 0 aromatic carbocycles. The molecule has 1 aliphatic rings. The molecule has 3 rings (SSSR count). The number of pyridine rings is 1. The van der Waals surface area contributed by atoms with Crippen LogP contribution in [0.1, 0.15) is 12.8 Å². The van der Waals surface area contributed by atoms with Gasteiger partial charge in [0.05, 0.1) is 12.3 Å². The average Bonchev–Trinajstić information content (AvgIpc) is 2.48. The van der Waals surface area contributed by atoms with E-state index in [-0.39, 0.29) is 6.10 Å². The lowest BCUT2D eigenvalue weighted by atomic mass is 10.1. The summed E-state index contributed by atoms with van der Waals surface area (Å²) in [7, 11) is 0. The molecule has 1 saturated heterocycles. The lowest BCUT2D eigenvalue weighted by Crippen LogP contribution is -2.35. The molecule has 21 heavy (non-hydrogen) atoms. The molecule has 7 heteroatoms. The number of halogens is 1. The zero-order valence-electron chi connectivity index (χ0n) is 11.4. The number of aliphatic hydroxyl groups is 1. The summed E-state index contributed by atoms with van der Waals surface area (Å²) in [6.07, 6.45) is 6.19. The third kappa shape index (κ3) is 3.59. The fraction of sp³-hybridized carbons (Fsp3) is 0.357. The molecule has 0 bridgehead atoms. The van der Waals surface area contributed by atoms with Crippen molar-refractivity contribution < 1.29 is 5.11 Å². The van der Waals surface area contributed by atoms with Gasteiger partial charge in [0.2, 0.25) is 0 Å². The van der Waals surface area contributed by atoms with E-state index in [1.54, 1.807) is 18.6 Å². The van der Waals surface area contributed by atoms with E-state index in [0.29, 0.717) is 16.8 Å². The van der Waals surface area contributed by atoms with Crippen molar-refractivity contribution in [2.75, 3.05) is 23.3 Å². The Morgan fingerprint density at radius 1 is 1.19 bits per heavy atom. The largest absolute Gasteiger partial charge is 0.393 e. The predicted octanol–water partition coefficient (Wildman–Crippen LogP) is 2.23. The molecule has 0 saturated carbocycles. The van der Waals surface area contributed by atoms with Crippen molar-refractivity contribution in [2.45, 2.75) is 18.9 Å². The van der Waals surface area contributed by atoms with Crippen molar-refractivity contribution in [3.8, 4) is 0 Å². The van der Waals surface area contributed by atoms with E-state index >= 15 is 0 Å². The van der Waals surface area contributed by atoms with E-state index < -0.39 is 0 Å². The molecule has 110 valence electrons. The van der Waals surface area contributed by atoms with Crippen molar-refractivity contribution in [3.63, 3.8) is 0 Å². The van der Waals surface area contributed by atoms with Gasteiger partial charge in [-0.2, -0.15) is 0 Å². The molecule has 2 aromatic rings. The first kappa shape index (κ1) is 14.0. The predicted molar refractivity (Wildman–Crippen MR) is 82.0 cm³/mol. The van der Waals surface area contributed by atoms with E-state index in [2.05, 4.69) is 25.2 Å². The Bertz CT molecular complexity index is 602. The first-order valence-electron chi connectivity index (χ1n) is 6.84. The molecule has 0 aliphatic carbocycles. The summed E-state index contributed by atoms with van der Waals surface area (Å²) in [5.41, 5.74) is 0.994. The Morgan fingerprint density at radius 3 is 2.71 bits per heavy atom. The van der Waals surface area contributed by atoms with Crippen LogP contribution in [0.2, 0.25) is 5.15 Å². The number of aliphatic hydroxyl groups excluding tert-OH is 1. The highest BCUT2D eigenvalue weighted by Crippen LogP contribution is 2.26. The molecule has 1 aliphatic heterocycles. The van der Waals surface area contributed by atoms with Gasteiger partial charge in [-0.3, -0.25) is 4.98 Å². The molecule has 2 N–H and O–H groups in total. The number of hydrogen-bond donors (Lipinski definition) is 2. The van der Waals surface area contributed by atoms with Gasteiger partial charge in [-0.05, 0) is 18.9 Å². The molecular weight excluding hydrogens is 290 g/mol. The van der Waals surface area contributed by atoms with E-state index in [4.69, 9.17) is 11.6 Å². The van der Waals surface area contributed by atoms with Crippen LogP contribution in [0.15, 0.2) is 30.7 Å². The summed E-state index contributed by atoms with van der Waals surface area (Å²) in [4.78, 5) is 14.6. The van der Waals surface area contributed by atoms with Crippen molar-refractivity contribution >= 4 is 28.9 Å². The quantitative estimate of drug-likeness (QED) is 0.847. The van der Waals surface area contributed by atoms with Crippen molar-refractivity contribution in [1.29, 1.82) is 0 Å². The van der Waals surface area contributed by atoms with Gasteiger partial charge in [0, 0.05) is 37.2 Å². The summed E-state index contributed by atoms with van der Waals surface area (Å²) in [5, 5.41) is 13.1. The highest BCUT2D eigenvalue weighted by molar-refractivity contribution is 6.29. The van der Waals surface area contributed by atoms with Crippen molar-refractivity contribution in [1.82, 2.24) is 15.0 Å². The van der Waals surface area contributed by atoms with E-state index in [1.165, 1.54) is 0 Å². The monoisotopic (exact) mass is 305 g/mol. The van der Waals surface area contributed by atoms with Crippen LogP contribution in [-0.4, -0.2) is 39.3 Å². The smallest absolute Gasteiger partial charge is 0.150 e. The van der Waals surface area contributed by atoms with Gasteiger partial charge in [-0.25, -0.2) is 9.97 Å². The van der Waals surface area contributed by atoms with Crippen LogP contribution in [0.5, 0.6) is 0 Å². The number of hydrogen-bond acceptors (Lipinski definition) is 6.